The van der Waals surface area contributed by atoms with Crippen molar-refractivity contribution in [3.05, 3.63) is 0 Å². The van der Waals surface area contributed by atoms with E-state index in [0.717, 1.165) is 0 Å². The molecule has 2 aliphatic carbocycles. The van der Waals surface area contributed by atoms with Crippen LogP contribution in [0, 0.1) is 0 Å². The summed E-state index contributed by atoms with van der Waals surface area (Å²) in [7, 11) is 0. The van der Waals surface area contributed by atoms with Gasteiger partial charge in [-0.2, -0.15) is 0 Å². The van der Waals surface area contributed by atoms with E-state index in [1.807, 2.05) is 0 Å². The van der Waals surface area contributed by atoms with Crippen molar-refractivity contribution in [2.24, 2.45) is 0 Å². The van der Waals surface area contributed by atoms with Gasteiger partial charge in [0.25, 0.3) is 0 Å². The average Bonchev–Trinajstić information content (AvgIpc) is 2.72. The SMILES string of the molecule is OCC1(NC2CCCC2)CCCCC1. The van der Waals surface area contributed by atoms with Gasteiger partial charge in [-0.25, -0.2) is 0 Å². The minimum atomic E-state index is 0.0905. The van der Waals surface area contributed by atoms with Gasteiger partial charge in [-0.3, -0.25) is 0 Å². The molecule has 0 aromatic carbocycles. The molecule has 0 heterocycles. The van der Waals surface area contributed by atoms with E-state index in [9.17, 15) is 5.11 Å². The molecule has 0 radical (unpaired) electrons. The lowest BCUT2D eigenvalue weighted by Crippen LogP contribution is -2.53. The van der Waals surface area contributed by atoms with Crippen molar-refractivity contribution in [2.45, 2.75) is 69.4 Å². The molecule has 0 aromatic heterocycles. The molecule has 82 valence electrons. The van der Waals surface area contributed by atoms with Gasteiger partial charge in [-0.1, -0.05) is 32.1 Å². The van der Waals surface area contributed by atoms with E-state index in [0.29, 0.717) is 12.6 Å². The zero-order valence-corrected chi connectivity index (χ0v) is 9.10. The summed E-state index contributed by atoms with van der Waals surface area (Å²) in [6, 6.07) is 0.695. The zero-order valence-electron chi connectivity index (χ0n) is 9.10. The maximum atomic E-state index is 9.54. The molecule has 0 unspecified atom stereocenters. The van der Waals surface area contributed by atoms with Crippen molar-refractivity contribution in [1.82, 2.24) is 5.32 Å². The maximum Gasteiger partial charge on any atom is 0.0613 e. The Balaban J connectivity index is 1.89. The van der Waals surface area contributed by atoms with E-state index in [4.69, 9.17) is 0 Å². The minimum absolute atomic E-state index is 0.0905. The highest BCUT2D eigenvalue weighted by Gasteiger charge is 2.33. The molecule has 2 heteroatoms. The number of hydrogen-bond donors (Lipinski definition) is 2. The molecule has 0 atom stereocenters. The van der Waals surface area contributed by atoms with Gasteiger partial charge >= 0.3 is 0 Å². The molecule has 0 amide bonds. The normalized spacial score (nSPS) is 28.1. The molecule has 2 fully saturated rings. The van der Waals surface area contributed by atoms with Crippen LogP contribution in [0.3, 0.4) is 0 Å². The number of hydrogen-bond acceptors (Lipinski definition) is 2. The lowest BCUT2D eigenvalue weighted by atomic mass is 9.81. The lowest BCUT2D eigenvalue weighted by Gasteiger charge is -2.39. The predicted octanol–water partition coefficient (Wildman–Crippen LogP) is 2.21. The van der Waals surface area contributed by atoms with E-state index < -0.39 is 0 Å². The first kappa shape index (κ1) is 10.4. The topological polar surface area (TPSA) is 32.3 Å². The van der Waals surface area contributed by atoms with Gasteiger partial charge in [0.2, 0.25) is 0 Å². The molecular weight excluding hydrogens is 174 g/mol. The Morgan fingerprint density at radius 3 is 2.21 bits per heavy atom. The number of rotatable bonds is 3. The van der Waals surface area contributed by atoms with Crippen LogP contribution in [0.4, 0.5) is 0 Å². The summed E-state index contributed by atoms with van der Waals surface area (Å²) in [5.41, 5.74) is 0.0905. The van der Waals surface area contributed by atoms with Crippen LogP contribution in [0.15, 0.2) is 0 Å². The molecule has 2 saturated carbocycles. The summed E-state index contributed by atoms with van der Waals surface area (Å²) in [6.45, 7) is 0.337. The fourth-order valence-electron chi connectivity index (χ4n) is 3.08. The zero-order chi connectivity index (χ0) is 9.86. The van der Waals surface area contributed by atoms with Gasteiger partial charge in [0, 0.05) is 11.6 Å². The Labute approximate surface area is 87.1 Å². The van der Waals surface area contributed by atoms with Gasteiger partial charge in [-0.05, 0) is 25.7 Å². The van der Waals surface area contributed by atoms with E-state index in [2.05, 4.69) is 5.32 Å². The first-order chi connectivity index (χ1) is 6.85. The Hall–Kier alpha value is -0.0800. The second-order valence-electron chi connectivity index (χ2n) is 5.12. The largest absolute Gasteiger partial charge is 0.394 e. The molecule has 0 aromatic rings. The van der Waals surface area contributed by atoms with Gasteiger partial charge < -0.3 is 10.4 Å². The molecule has 0 spiro atoms. The van der Waals surface area contributed by atoms with E-state index in [1.54, 1.807) is 0 Å². The van der Waals surface area contributed by atoms with Crippen molar-refractivity contribution in [3.63, 3.8) is 0 Å². The van der Waals surface area contributed by atoms with Crippen molar-refractivity contribution < 1.29 is 5.11 Å². The number of aliphatic hydroxyl groups excluding tert-OH is 1. The number of nitrogens with one attached hydrogen (secondary N) is 1. The molecule has 2 aliphatic rings. The van der Waals surface area contributed by atoms with Crippen LogP contribution in [0.5, 0.6) is 0 Å². The Kier molecular flexibility index (Phi) is 3.45. The Morgan fingerprint density at radius 2 is 1.64 bits per heavy atom. The fourth-order valence-corrected chi connectivity index (χ4v) is 3.08. The van der Waals surface area contributed by atoms with Gasteiger partial charge in [0.1, 0.15) is 0 Å². The third kappa shape index (κ3) is 2.29. The van der Waals surface area contributed by atoms with Crippen LogP contribution >= 0.6 is 0 Å². The van der Waals surface area contributed by atoms with E-state index in [-0.39, 0.29) is 5.54 Å². The van der Waals surface area contributed by atoms with Crippen LogP contribution in [0.1, 0.15) is 57.8 Å². The second kappa shape index (κ2) is 4.63. The Bertz CT molecular complexity index is 169. The Morgan fingerprint density at radius 1 is 1.00 bits per heavy atom. The maximum absolute atomic E-state index is 9.54. The van der Waals surface area contributed by atoms with Crippen molar-refractivity contribution >= 4 is 0 Å². The fraction of sp³-hybridized carbons (Fsp3) is 1.00. The van der Waals surface area contributed by atoms with Crippen LogP contribution < -0.4 is 5.32 Å². The quantitative estimate of drug-likeness (QED) is 0.727. The van der Waals surface area contributed by atoms with Gasteiger partial charge in [0.05, 0.1) is 6.61 Å². The van der Waals surface area contributed by atoms with Crippen molar-refractivity contribution in [2.75, 3.05) is 6.61 Å². The minimum Gasteiger partial charge on any atom is -0.394 e. The molecule has 2 rings (SSSR count). The van der Waals surface area contributed by atoms with E-state index >= 15 is 0 Å². The van der Waals surface area contributed by atoms with Gasteiger partial charge in [-0.15, -0.1) is 0 Å². The summed E-state index contributed by atoms with van der Waals surface area (Å²) in [5, 5.41) is 13.3. The molecule has 14 heavy (non-hydrogen) atoms. The molecule has 2 N–H and O–H groups in total. The highest BCUT2D eigenvalue weighted by Crippen LogP contribution is 2.30. The summed E-state index contributed by atoms with van der Waals surface area (Å²) in [6.07, 6.45) is 11.7. The molecule has 0 bridgehead atoms. The van der Waals surface area contributed by atoms with Crippen LogP contribution in [-0.2, 0) is 0 Å². The molecular formula is C12H23NO. The van der Waals surface area contributed by atoms with Crippen molar-refractivity contribution in [1.29, 1.82) is 0 Å². The number of aliphatic hydroxyl groups is 1. The average molecular weight is 197 g/mol. The lowest BCUT2D eigenvalue weighted by molar-refractivity contribution is 0.109. The van der Waals surface area contributed by atoms with Gasteiger partial charge in [0.15, 0.2) is 0 Å². The van der Waals surface area contributed by atoms with E-state index in [1.165, 1.54) is 57.8 Å². The summed E-state index contributed by atoms with van der Waals surface area (Å²) in [5.74, 6) is 0. The molecule has 0 saturated heterocycles. The van der Waals surface area contributed by atoms with Crippen LogP contribution in [0.2, 0.25) is 0 Å². The monoisotopic (exact) mass is 197 g/mol. The third-order valence-corrected chi connectivity index (χ3v) is 3.98. The smallest absolute Gasteiger partial charge is 0.0613 e. The second-order valence-corrected chi connectivity index (χ2v) is 5.12. The predicted molar refractivity (Wildman–Crippen MR) is 58.3 cm³/mol. The van der Waals surface area contributed by atoms with Crippen LogP contribution in [-0.4, -0.2) is 23.3 Å². The summed E-state index contributed by atoms with van der Waals surface area (Å²) < 4.78 is 0. The van der Waals surface area contributed by atoms with Crippen LogP contribution in [0.25, 0.3) is 0 Å². The first-order valence-corrected chi connectivity index (χ1v) is 6.23. The van der Waals surface area contributed by atoms with Crippen molar-refractivity contribution in [3.8, 4) is 0 Å². The summed E-state index contributed by atoms with van der Waals surface area (Å²) >= 11 is 0. The third-order valence-electron chi connectivity index (χ3n) is 3.98. The standard InChI is InChI=1S/C12H23NO/c14-10-12(8-4-1-5-9-12)13-11-6-2-3-7-11/h11,13-14H,1-10H2. The molecule has 2 nitrogen and oxygen atoms in total. The first-order valence-electron chi connectivity index (χ1n) is 6.23. The highest BCUT2D eigenvalue weighted by molar-refractivity contribution is 4.93. The molecule has 0 aliphatic heterocycles. The highest BCUT2D eigenvalue weighted by atomic mass is 16.3. The summed E-state index contributed by atoms with van der Waals surface area (Å²) in [4.78, 5) is 0.